The van der Waals surface area contributed by atoms with E-state index in [2.05, 4.69) is 16.7 Å². The third-order valence-corrected chi connectivity index (χ3v) is 5.28. The molecule has 0 saturated heterocycles. The number of rotatable bonds is 5. The Morgan fingerprint density at radius 3 is 2.50 bits per heavy atom. The van der Waals surface area contributed by atoms with Crippen LogP contribution in [0.4, 0.5) is 17.1 Å². The summed E-state index contributed by atoms with van der Waals surface area (Å²) in [5.74, 6) is -0.0858. The highest BCUT2D eigenvalue weighted by atomic mass is 16.2. The number of para-hydroxylation sites is 1. The van der Waals surface area contributed by atoms with Crippen LogP contribution in [0.5, 0.6) is 0 Å². The van der Waals surface area contributed by atoms with E-state index in [-0.39, 0.29) is 18.4 Å². The van der Waals surface area contributed by atoms with Crippen LogP contribution in [0.2, 0.25) is 0 Å². The maximum absolute atomic E-state index is 12.7. The molecule has 5 heteroatoms. The van der Waals surface area contributed by atoms with Gasteiger partial charge in [-0.05, 0) is 67.8 Å². The monoisotopic (exact) mass is 399 g/mol. The van der Waals surface area contributed by atoms with E-state index in [1.807, 2.05) is 72.5 Å². The molecular weight excluding hydrogens is 374 g/mol. The number of amides is 2. The van der Waals surface area contributed by atoms with E-state index in [1.54, 1.807) is 6.07 Å². The van der Waals surface area contributed by atoms with Gasteiger partial charge in [-0.25, -0.2) is 0 Å². The topological polar surface area (TPSA) is 61.4 Å². The molecule has 0 aliphatic carbocycles. The molecule has 1 aliphatic rings. The molecular formula is C25H25N3O2. The van der Waals surface area contributed by atoms with Gasteiger partial charge in [-0.3, -0.25) is 9.59 Å². The normalized spacial score (nSPS) is 12.8. The molecule has 4 rings (SSSR count). The number of aryl methyl sites for hydroxylation is 2. The lowest BCUT2D eigenvalue weighted by molar-refractivity contribution is -0.117. The van der Waals surface area contributed by atoms with E-state index < -0.39 is 0 Å². The second-order valence-electron chi connectivity index (χ2n) is 7.53. The van der Waals surface area contributed by atoms with E-state index in [4.69, 9.17) is 0 Å². The molecule has 2 N–H and O–H groups in total. The Balaban J connectivity index is 1.34. The van der Waals surface area contributed by atoms with Gasteiger partial charge in [-0.1, -0.05) is 35.9 Å². The van der Waals surface area contributed by atoms with Gasteiger partial charge < -0.3 is 15.5 Å². The highest BCUT2D eigenvalue weighted by Crippen LogP contribution is 2.26. The Labute approximate surface area is 176 Å². The van der Waals surface area contributed by atoms with Crippen molar-refractivity contribution in [3.63, 3.8) is 0 Å². The zero-order valence-corrected chi connectivity index (χ0v) is 17.0. The summed E-state index contributed by atoms with van der Waals surface area (Å²) < 4.78 is 0. The molecule has 0 aromatic heterocycles. The largest absolute Gasteiger partial charge is 0.376 e. The van der Waals surface area contributed by atoms with Gasteiger partial charge in [0.25, 0.3) is 5.91 Å². The molecule has 0 unspecified atom stereocenters. The Bertz CT molecular complexity index is 1060. The lowest BCUT2D eigenvalue weighted by Gasteiger charge is -2.29. The fourth-order valence-corrected chi connectivity index (χ4v) is 3.73. The Morgan fingerprint density at radius 2 is 1.70 bits per heavy atom. The number of hydrogen-bond donors (Lipinski definition) is 2. The zero-order chi connectivity index (χ0) is 20.9. The predicted octanol–water partition coefficient (Wildman–Crippen LogP) is 4.64. The van der Waals surface area contributed by atoms with Gasteiger partial charge in [0.2, 0.25) is 5.91 Å². The molecule has 3 aromatic rings. The third-order valence-electron chi connectivity index (χ3n) is 5.28. The van der Waals surface area contributed by atoms with Gasteiger partial charge in [0.15, 0.2) is 0 Å². The standard InChI is InChI=1S/C25H25N3O2/c1-18-6-4-8-20(16-18)25(30)27-22-13-11-21(12-14-22)26-17-24(29)28-15-5-9-19-7-2-3-10-23(19)28/h2-4,6-8,10-14,16,26H,5,9,15,17H2,1H3,(H,27,30). The van der Waals surface area contributed by atoms with Crippen molar-refractivity contribution in [2.24, 2.45) is 0 Å². The minimum Gasteiger partial charge on any atom is -0.376 e. The van der Waals surface area contributed by atoms with E-state index >= 15 is 0 Å². The van der Waals surface area contributed by atoms with Crippen molar-refractivity contribution >= 4 is 28.9 Å². The van der Waals surface area contributed by atoms with Crippen LogP contribution in [0, 0.1) is 6.92 Å². The minimum absolute atomic E-state index is 0.0546. The Hall–Kier alpha value is -3.60. The van der Waals surface area contributed by atoms with Crippen molar-refractivity contribution in [2.75, 3.05) is 28.6 Å². The zero-order valence-electron chi connectivity index (χ0n) is 17.0. The van der Waals surface area contributed by atoms with Crippen LogP contribution in [-0.2, 0) is 11.2 Å². The summed E-state index contributed by atoms with van der Waals surface area (Å²) in [5, 5.41) is 6.09. The molecule has 0 spiro atoms. The number of fused-ring (bicyclic) bond motifs is 1. The van der Waals surface area contributed by atoms with Gasteiger partial charge >= 0.3 is 0 Å². The number of nitrogens with one attached hydrogen (secondary N) is 2. The first-order valence-electron chi connectivity index (χ1n) is 10.2. The van der Waals surface area contributed by atoms with Crippen molar-refractivity contribution in [2.45, 2.75) is 19.8 Å². The van der Waals surface area contributed by atoms with Crippen LogP contribution in [0.3, 0.4) is 0 Å². The molecule has 0 saturated carbocycles. The van der Waals surface area contributed by atoms with Crippen LogP contribution >= 0.6 is 0 Å². The molecule has 1 heterocycles. The number of carbonyl (C=O) groups is 2. The van der Waals surface area contributed by atoms with Crippen molar-refractivity contribution in [3.8, 4) is 0 Å². The summed E-state index contributed by atoms with van der Waals surface area (Å²) in [6.07, 6.45) is 2.00. The fourth-order valence-electron chi connectivity index (χ4n) is 3.73. The van der Waals surface area contributed by atoms with Crippen molar-refractivity contribution in [1.82, 2.24) is 0 Å². The van der Waals surface area contributed by atoms with Gasteiger partial charge in [-0.15, -0.1) is 0 Å². The summed E-state index contributed by atoms with van der Waals surface area (Å²) in [6.45, 7) is 2.94. The Kier molecular flexibility index (Phi) is 5.80. The van der Waals surface area contributed by atoms with E-state index in [0.29, 0.717) is 11.3 Å². The van der Waals surface area contributed by atoms with E-state index in [0.717, 1.165) is 36.3 Å². The van der Waals surface area contributed by atoms with Gasteiger partial charge in [0.1, 0.15) is 0 Å². The van der Waals surface area contributed by atoms with E-state index in [9.17, 15) is 9.59 Å². The molecule has 0 atom stereocenters. The van der Waals surface area contributed by atoms with Crippen molar-refractivity contribution < 1.29 is 9.59 Å². The summed E-state index contributed by atoms with van der Waals surface area (Å²) >= 11 is 0. The molecule has 0 fully saturated rings. The quantitative estimate of drug-likeness (QED) is 0.657. The van der Waals surface area contributed by atoms with Crippen LogP contribution in [0.15, 0.2) is 72.8 Å². The SMILES string of the molecule is Cc1cccc(C(=O)Nc2ccc(NCC(=O)N3CCCc4ccccc43)cc2)c1. The van der Waals surface area contributed by atoms with Crippen LogP contribution < -0.4 is 15.5 Å². The number of anilines is 3. The molecule has 30 heavy (non-hydrogen) atoms. The molecule has 2 amide bonds. The molecule has 1 aliphatic heterocycles. The van der Waals surface area contributed by atoms with Gasteiger partial charge in [0, 0.05) is 29.2 Å². The molecule has 0 bridgehead atoms. The minimum atomic E-state index is -0.140. The fraction of sp³-hybridized carbons (Fsp3) is 0.200. The first-order chi connectivity index (χ1) is 14.6. The third kappa shape index (κ3) is 4.51. The Morgan fingerprint density at radius 1 is 0.933 bits per heavy atom. The van der Waals surface area contributed by atoms with E-state index in [1.165, 1.54) is 5.56 Å². The average Bonchev–Trinajstić information content (AvgIpc) is 2.78. The van der Waals surface area contributed by atoms with Crippen LogP contribution in [0.25, 0.3) is 0 Å². The summed E-state index contributed by atoms with van der Waals surface area (Å²) in [4.78, 5) is 27.0. The average molecular weight is 399 g/mol. The molecule has 152 valence electrons. The second-order valence-corrected chi connectivity index (χ2v) is 7.53. The number of carbonyl (C=O) groups excluding carboxylic acids is 2. The number of nitrogens with zero attached hydrogens (tertiary/aromatic N) is 1. The van der Waals surface area contributed by atoms with Gasteiger partial charge in [-0.2, -0.15) is 0 Å². The molecule has 0 radical (unpaired) electrons. The number of benzene rings is 3. The maximum Gasteiger partial charge on any atom is 0.255 e. The van der Waals surface area contributed by atoms with Crippen molar-refractivity contribution in [3.05, 3.63) is 89.5 Å². The maximum atomic E-state index is 12.7. The molecule has 3 aromatic carbocycles. The highest BCUT2D eigenvalue weighted by Gasteiger charge is 2.21. The second kappa shape index (κ2) is 8.82. The smallest absolute Gasteiger partial charge is 0.255 e. The first-order valence-corrected chi connectivity index (χ1v) is 10.2. The summed E-state index contributed by atoms with van der Waals surface area (Å²) in [6, 6.07) is 23.0. The predicted molar refractivity (Wildman–Crippen MR) is 121 cm³/mol. The number of hydrogen-bond acceptors (Lipinski definition) is 3. The first kappa shape index (κ1) is 19.7. The van der Waals surface area contributed by atoms with Crippen molar-refractivity contribution in [1.29, 1.82) is 0 Å². The summed E-state index contributed by atoms with van der Waals surface area (Å²) in [7, 11) is 0. The lowest BCUT2D eigenvalue weighted by Crippen LogP contribution is -2.39. The van der Waals surface area contributed by atoms with Crippen LogP contribution in [0.1, 0.15) is 27.9 Å². The van der Waals surface area contributed by atoms with Gasteiger partial charge in [0.05, 0.1) is 6.54 Å². The highest BCUT2D eigenvalue weighted by molar-refractivity contribution is 6.04. The summed E-state index contributed by atoms with van der Waals surface area (Å²) in [5.41, 5.74) is 5.47. The molecule has 5 nitrogen and oxygen atoms in total. The van der Waals surface area contributed by atoms with Crippen LogP contribution in [-0.4, -0.2) is 24.9 Å². The lowest BCUT2D eigenvalue weighted by atomic mass is 10.0.